The first-order valence-corrected chi connectivity index (χ1v) is 16.2. The summed E-state index contributed by atoms with van der Waals surface area (Å²) >= 11 is 0. The largest absolute Gasteiger partial charge is 0.507 e. The Morgan fingerprint density at radius 3 is 2.16 bits per heavy atom. The second-order valence-electron chi connectivity index (χ2n) is 13.3. The number of aromatic hydroxyl groups is 1. The molecule has 8 aromatic rings. The molecule has 0 unspecified atom stereocenters. The van der Waals surface area contributed by atoms with Gasteiger partial charge in [-0.3, -0.25) is 9.97 Å². The van der Waals surface area contributed by atoms with Gasteiger partial charge in [0.2, 0.25) is 0 Å². The summed E-state index contributed by atoms with van der Waals surface area (Å²) in [6.45, 7) is 6.62. The second kappa shape index (κ2) is 12.6. The van der Waals surface area contributed by atoms with Crippen LogP contribution in [0.4, 0.5) is 0 Å². The molecule has 0 saturated carbocycles. The van der Waals surface area contributed by atoms with Crippen molar-refractivity contribution >= 4 is 21.9 Å². The molecule has 244 valence electrons. The van der Waals surface area contributed by atoms with Crippen LogP contribution in [-0.2, 0) is 33.5 Å². The van der Waals surface area contributed by atoms with E-state index in [1.807, 2.05) is 42.6 Å². The third-order valence-electron chi connectivity index (χ3n) is 9.13. The van der Waals surface area contributed by atoms with Gasteiger partial charge in [-0.1, -0.05) is 92.6 Å². The average molecular weight is 819 g/mol. The summed E-state index contributed by atoms with van der Waals surface area (Å²) in [4.78, 5) is 9.83. The molecule has 0 aliphatic heterocycles. The molecule has 0 fully saturated rings. The van der Waals surface area contributed by atoms with Crippen molar-refractivity contribution in [2.45, 2.75) is 26.2 Å². The fraction of sp³-hybridized carbons (Fsp3) is 0.116. The van der Waals surface area contributed by atoms with Crippen molar-refractivity contribution in [1.82, 2.24) is 19.1 Å². The van der Waals surface area contributed by atoms with Crippen LogP contribution < -0.4 is 0 Å². The Balaban J connectivity index is 0.00000378. The molecule has 0 atom stereocenters. The van der Waals surface area contributed by atoms with Crippen molar-refractivity contribution in [2.75, 3.05) is 0 Å². The summed E-state index contributed by atoms with van der Waals surface area (Å²) in [5.74, 6) is 0.185. The fourth-order valence-corrected chi connectivity index (χ4v) is 6.66. The van der Waals surface area contributed by atoms with Gasteiger partial charge in [0, 0.05) is 68.4 Å². The quantitative estimate of drug-likeness (QED) is 0.176. The third kappa shape index (κ3) is 5.79. The average Bonchev–Trinajstić information content (AvgIpc) is 3.65. The van der Waals surface area contributed by atoms with Crippen LogP contribution in [0.15, 0.2) is 134 Å². The number of phenols is 1. The molecule has 5 nitrogen and oxygen atoms in total. The van der Waals surface area contributed by atoms with E-state index in [2.05, 4.69) is 128 Å². The maximum Gasteiger partial charge on any atom is 0.124 e. The molecule has 4 aromatic heterocycles. The van der Waals surface area contributed by atoms with Crippen molar-refractivity contribution < 1.29 is 26.2 Å². The van der Waals surface area contributed by atoms with Gasteiger partial charge < -0.3 is 14.2 Å². The first kappa shape index (κ1) is 32.3. The monoisotopic (exact) mass is 818 g/mol. The first-order valence-electron chi connectivity index (χ1n) is 16.2. The molecule has 49 heavy (non-hydrogen) atoms. The van der Waals surface area contributed by atoms with Gasteiger partial charge >= 0.3 is 0 Å². The van der Waals surface area contributed by atoms with Crippen LogP contribution in [0.3, 0.4) is 0 Å². The normalized spacial score (nSPS) is 11.6. The van der Waals surface area contributed by atoms with E-state index in [0.29, 0.717) is 11.3 Å². The number of hydrogen-bond donors (Lipinski definition) is 1. The molecule has 4 heterocycles. The topological polar surface area (TPSA) is 55.9 Å². The molecular weight excluding hydrogens is 784 g/mol. The van der Waals surface area contributed by atoms with Gasteiger partial charge in [0.25, 0.3) is 0 Å². The summed E-state index contributed by atoms with van der Waals surface area (Å²) in [6.07, 6.45) is 3.99. The van der Waals surface area contributed by atoms with E-state index in [0.717, 1.165) is 50.4 Å². The van der Waals surface area contributed by atoms with Gasteiger partial charge in [0.05, 0.1) is 27.9 Å². The fourth-order valence-electron chi connectivity index (χ4n) is 6.66. The SMILES string of the molecule is Cn1ccc2c1c1ccccc1n2-c1ccccc1-c1cc(-c2[c-]c(-c3cc(C(C)(C)C)ccn3)ccc2)nc(-c2ccccc2O)c1.[Pt]. The Hall–Kier alpha value is -5.25. The maximum atomic E-state index is 11.0. The van der Waals surface area contributed by atoms with Crippen LogP contribution in [0.1, 0.15) is 26.3 Å². The van der Waals surface area contributed by atoms with Crippen LogP contribution in [0.2, 0.25) is 0 Å². The minimum atomic E-state index is 0. The maximum absolute atomic E-state index is 11.0. The van der Waals surface area contributed by atoms with Gasteiger partial charge in [-0.05, 0) is 59.0 Å². The summed E-state index contributed by atoms with van der Waals surface area (Å²) in [6, 6.07) is 44.8. The Morgan fingerprint density at radius 2 is 1.37 bits per heavy atom. The Kier molecular flexibility index (Phi) is 8.34. The number of para-hydroxylation sites is 3. The number of nitrogens with zero attached hydrogens (tertiary/aromatic N) is 4. The van der Waals surface area contributed by atoms with Crippen molar-refractivity contribution in [3.63, 3.8) is 0 Å². The van der Waals surface area contributed by atoms with E-state index < -0.39 is 0 Å². The number of aromatic nitrogens is 4. The van der Waals surface area contributed by atoms with Crippen LogP contribution in [0.5, 0.6) is 5.75 Å². The van der Waals surface area contributed by atoms with Gasteiger partial charge in [-0.2, -0.15) is 0 Å². The van der Waals surface area contributed by atoms with Gasteiger partial charge in [0.15, 0.2) is 0 Å². The molecule has 0 saturated heterocycles. The smallest absolute Gasteiger partial charge is 0.124 e. The van der Waals surface area contributed by atoms with Gasteiger partial charge in [-0.25, -0.2) is 0 Å². The standard InChI is InChI=1S/C43H35N4O.Pt/c1-43(2,3)31-20-22-44-35(27-31)28-12-11-13-29(24-28)36-25-30(26-37(45-36)33-15-7-10-19-41(33)48)32-14-5-8-17-38(32)47-39-18-9-6-16-34(39)42-40(47)21-23-46(42)4;/h5-23,25-27,48H,1-4H3;/q-1;. The van der Waals surface area contributed by atoms with E-state index in [9.17, 15) is 5.11 Å². The van der Waals surface area contributed by atoms with Crippen molar-refractivity contribution in [3.05, 3.63) is 145 Å². The Morgan fingerprint density at radius 1 is 0.673 bits per heavy atom. The third-order valence-corrected chi connectivity index (χ3v) is 9.13. The molecule has 0 amide bonds. The number of aryl methyl sites for hydroxylation is 1. The number of fused-ring (bicyclic) bond motifs is 3. The zero-order valence-corrected chi connectivity index (χ0v) is 30.0. The molecule has 6 heteroatoms. The molecule has 0 aliphatic carbocycles. The summed E-state index contributed by atoms with van der Waals surface area (Å²) in [7, 11) is 2.10. The van der Waals surface area contributed by atoms with E-state index in [4.69, 9.17) is 9.97 Å². The van der Waals surface area contributed by atoms with Crippen molar-refractivity contribution in [2.24, 2.45) is 7.05 Å². The van der Waals surface area contributed by atoms with E-state index in [1.165, 1.54) is 16.5 Å². The number of pyridine rings is 2. The van der Waals surface area contributed by atoms with Crippen LogP contribution in [0, 0.1) is 6.07 Å². The summed E-state index contributed by atoms with van der Waals surface area (Å²) in [5.41, 5.74) is 12.6. The minimum Gasteiger partial charge on any atom is -0.507 e. The van der Waals surface area contributed by atoms with Crippen LogP contribution >= 0.6 is 0 Å². The molecule has 0 bridgehead atoms. The predicted molar refractivity (Wildman–Crippen MR) is 196 cm³/mol. The summed E-state index contributed by atoms with van der Waals surface area (Å²) < 4.78 is 4.53. The van der Waals surface area contributed by atoms with Gasteiger partial charge in [0.1, 0.15) is 5.75 Å². The molecule has 0 aliphatic rings. The van der Waals surface area contributed by atoms with Crippen LogP contribution in [-0.4, -0.2) is 24.2 Å². The number of hydrogen-bond acceptors (Lipinski definition) is 3. The van der Waals surface area contributed by atoms with E-state index in [-0.39, 0.29) is 32.2 Å². The van der Waals surface area contributed by atoms with Gasteiger partial charge in [-0.15, -0.1) is 24.3 Å². The number of phenolic OH excluding ortho intramolecular Hbond substituents is 1. The molecular formula is C43H35N4OPt-. The Bertz CT molecular complexity index is 2480. The number of benzene rings is 4. The molecule has 0 spiro atoms. The first-order chi connectivity index (χ1) is 23.3. The molecule has 0 radical (unpaired) electrons. The van der Waals surface area contributed by atoms with Crippen molar-refractivity contribution in [3.8, 4) is 56.3 Å². The molecule has 4 aromatic carbocycles. The number of rotatable bonds is 5. The van der Waals surface area contributed by atoms with E-state index >= 15 is 0 Å². The predicted octanol–water partition coefficient (Wildman–Crippen LogP) is 10.4. The Labute approximate surface area is 300 Å². The zero-order valence-electron chi connectivity index (χ0n) is 27.8. The molecule has 8 rings (SSSR count). The minimum absolute atomic E-state index is 0. The van der Waals surface area contributed by atoms with Crippen molar-refractivity contribution in [1.29, 1.82) is 0 Å². The van der Waals surface area contributed by atoms with Crippen LogP contribution in [0.25, 0.3) is 72.5 Å². The molecule has 1 N–H and O–H groups in total. The zero-order chi connectivity index (χ0) is 33.0. The van der Waals surface area contributed by atoms with E-state index in [1.54, 1.807) is 6.07 Å². The second-order valence-corrected chi connectivity index (χ2v) is 13.3. The summed E-state index contributed by atoms with van der Waals surface area (Å²) in [5, 5.41) is 12.2.